The summed E-state index contributed by atoms with van der Waals surface area (Å²) in [6.45, 7) is 8.58. The fourth-order valence-corrected chi connectivity index (χ4v) is 1.70. The molecule has 0 aromatic rings. The minimum absolute atomic E-state index is 0.0763. The lowest BCUT2D eigenvalue weighted by molar-refractivity contribution is -0.142. The van der Waals surface area contributed by atoms with Gasteiger partial charge in [-0.25, -0.2) is 4.79 Å². The average Bonchev–Trinajstić information content (AvgIpc) is 2.28. The van der Waals surface area contributed by atoms with Crippen LogP contribution in [0.2, 0.25) is 0 Å². The van der Waals surface area contributed by atoms with Crippen molar-refractivity contribution in [3.8, 4) is 0 Å². The van der Waals surface area contributed by atoms with Gasteiger partial charge in [0.1, 0.15) is 0 Å². The number of urea groups is 1. The van der Waals surface area contributed by atoms with Gasteiger partial charge in [0.15, 0.2) is 0 Å². The van der Waals surface area contributed by atoms with E-state index in [1.165, 1.54) is 0 Å². The van der Waals surface area contributed by atoms with Crippen molar-refractivity contribution in [2.75, 3.05) is 13.1 Å². The van der Waals surface area contributed by atoms with E-state index >= 15 is 0 Å². The van der Waals surface area contributed by atoms with Crippen LogP contribution in [0.15, 0.2) is 12.2 Å². The van der Waals surface area contributed by atoms with E-state index in [-0.39, 0.29) is 18.0 Å². The Balaban J connectivity index is 4.04. The van der Waals surface area contributed by atoms with Gasteiger partial charge in [-0.2, -0.15) is 0 Å². The number of hydrogen-bond acceptors (Lipinski definition) is 2. The zero-order valence-corrected chi connectivity index (χ0v) is 12.3. The molecule has 5 heteroatoms. The van der Waals surface area contributed by atoms with Gasteiger partial charge in [-0.3, -0.25) is 4.79 Å². The maximum absolute atomic E-state index is 11.5. The Bertz CT molecular complexity index is 319. The molecule has 0 aromatic carbocycles. The fourth-order valence-electron chi connectivity index (χ4n) is 1.70. The minimum atomic E-state index is -0.871. The van der Waals surface area contributed by atoms with Crippen molar-refractivity contribution in [3.63, 3.8) is 0 Å². The third-order valence-electron chi connectivity index (χ3n) is 2.55. The molecule has 1 unspecified atom stereocenters. The molecule has 0 aliphatic carbocycles. The Kier molecular flexibility index (Phi) is 7.87. The van der Waals surface area contributed by atoms with Crippen molar-refractivity contribution >= 4 is 12.0 Å². The summed E-state index contributed by atoms with van der Waals surface area (Å²) in [7, 11) is 0. The summed E-state index contributed by atoms with van der Waals surface area (Å²) < 4.78 is 0. The molecule has 0 aliphatic rings. The summed E-state index contributed by atoms with van der Waals surface area (Å²) in [4.78, 5) is 22.6. The third-order valence-corrected chi connectivity index (χ3v) is 2.55. The topological polar surface area (TPSA) is 78.4 Å². The Hall–Kier alpha value is -1.52. The zero-order valence-electron chi connectivity index (χ0n) is 12.3. The number of carboxylic acids is 1. The number of carbonyl (C=O) groups is 2. The third kappa shape index (κ3) is 10.1. The highest BCUT2D eigenvalue weighted by molar-refractivity contribution is 5.75. The molecule has 0 aliphatic heterocycles. The first-order valence-corrected chi connectivity index (χ1v) is 6.62. The molecule has 0 radical (unpaired) electrons. The number of nitrogens with one attached hydrogen (secondary N) is 2. The molecule has 0 rings (SSSR count). The second-order valence-corrected chi connectivity index (χ2v) is 5.79. The number of carboxylic acid groups (broad SMARTS) is 1. The van der Waals surface area contributed by atoms with Crippen LogP contribution in [0.3, 0.4) is 0 Å². The predicted octanol–water partition coefficient (Wildman–Crippen LogP) is 2.39. The molecular weight excluding hydrogens is 244 g/mol. The molecule has 0 saturated carbocycles. The SMILES string of the molecule is C/C=C/CCNC(=O)NCC(CC(C)(C)C)C(=O)O. The van der Waals surface area contributed by atoms with Crippen LogP contribution in [0.1, 0.15) is 40.5 Å². The van der Waals surface area contributed by atoms with Crippen LogP contribution in [0.4, 0.5) is 4.79 Å². The van der Waals surface area contributed by atoms with E-state index in [2.05, 4.69) is 10.6 Å². The van der Waals surface area contributed by atoms with Crippen molar-refractivity contribution in [2.45, 2.75) is 40.5 Å². The first kappa shape index (κ1) is 17.5. The number of hydrogen-bond donors (Lipinski definition) is 3. The van der Waals surface area contributed by atoms with E-state index < -0.39 is 11.9 Å². The summed E-state index contributed by atoms with van der Waals surface area (Å²) >= 11 is 0. The Morgan fingerprint density at radius 1 is 1.26 bits per heavy atom. The molecule has 5 nitrogen and oxygen atoms in total. The summed E-state index contributed by atoms with van der Waals surface area (Å²) in [6, 6.07) is -0.315. The molecule has 2 amide bonds. The molecule has 0 bridgehead atoms. The van der Waals surface area contributed by atoms with E-state index in [0.29, 0.717) is 13.0 Å². The quantitative estimate of drug-likeness (QED) is 0.491. The zero-order chi connectivity index (χ0) is 14.9. The van der Waals surface area contributed by atoms with Gasteiger partial charge in [0, 0.05) is 13.1 Å². The van der Waals surface area contributed by atoms with E-state index in [0.717, 1.165) is 6.42 Å². The smallest absolute Gasteiger partial charge is 0.314 e. The maximum atomic E-state index is 11.5. The standard InChI is InChI=1S/C14H26N2O3/c1-5-6-7-8-15-13(19)16-10-11(12(17)18)9-14(2,3)4/h5-6,11H,7-10H2,1-4H3,(H,17,18)(H2,15,16,19)/b6-5+. The summed E-state index contributed by atoms with van der Waals surface area (Å²) in [5.74, 6) is -1.43. The predicted molar refractivity (Wildman–Crippen MR) is 76.0 cm³/mol. The number of aliphatic carboxylic acids is 1. The van der Waals surface area contributed by atoms with Gasteiger partial charge in [-0.1, -0.05) is 32.9 Å². The highest BCUT2D eigenvalue weighted by Crippen LogP contribution is 2.24. The van der Waals surface area contributed by atoms with Crippen LogP contribution >= 0.6 is 0 Å². The largest absolute Gasteiger partial charge is 0.481 e. The molecule has 110 valence electrons. The Labute approximate surface area is 115 Å². The van der Waals surface area contributed by atoms with Gasteiger partial charge < -0.3 is 15.7 Å². The molecule has 3 N–H and O–H groups in total. The van der Waals surface area contributed by atoms with Gasteiger partial charge >= 0.3 is 12.0 Å². The van der Waals surface area contributed by atoms with Gasteiger partial charge in [-0.05, 0) is 25.2 Å². The molecule has 0 heterocycles. The monoisotopic (exact) mass is 270 g/mol. The second kappa shape index (κ2) is 8.56. The minimum Gasteiger partial charge on any atom is -0.481 e. The van der Waals surface area contributed by atoms with Gasteiger partial charge in [0.25, 0.3) is 0 Å². The Morgan fingerprint density at radius 2 is 1.89 bits per heavy atom. The lowest BCUT2D eigenvalue weighted by atomic mass is 9.84. The van der Waals surface area contributed by atoms with Crippen molar-refractivity contribution in [2.24, 2.45) is 11.3 Å². The van der Waals surface area contributed by atoms with E-state index in [1.54, 1.807) is 0 Å². The van der Waals surface area contributed by atoms with Crippen molar-refractivity contribution in [1.29, 1.82) is 0 Å². The number of allylic oxidation sites excluding steroid dienone is 1. The van der Waals surface area contributed by atoms with Crippen LogP contribution in [0.25, 0.3) is 0 Å². The van der Waals surface area contributed by atoms with Gasteiger partial charge in [0.05, 0.1) is 5.92 Å². The van der Waals surface area contributed by atoms with Crippen molar-refractivity contribution < 1.29 is 14.7 Å². The van der Waals surface area contributed by atoms with E-state index in [1.807, 2.05) is 39.8 Å². The van der Waals surface area contributed by atoms with Gasteiger partial charge in [0.2, 0.25) is 0 Å². The van der Waals surface area contributed by atoms with Crippen molar-refractivity contribution in [1.82, 2.24) is 10.6 Å². The summed E-state index contributed by atoms with van der Waals surface area (Å²) in [5.41, 5.74) is -0.0763. The summed E-state index contributed by atoms with van der Waals surface area (Å²) in [5, 5.41) is 14.4. The average molecular weight is 270 g/mol. The van der Waals surface area contributed by atoms with E-state index in [4.69, 9.17) is 5.11 Å². The highest BCUT2D eigenvalue weighted by atomic mass is 16.4. The number of amides is 2. The molecule has 0 spiro atoms. The lowest BCUT2D eigenvalue weighted by Gasteiger charge is -2.23. The maximum Gasteiger partial charge on any atom is 0.314 e. The molecule has 1 atom stereocenters. The highest BCUT2D eigenvalue weighted by Gasteiger charge is 2.24. The Morgan fingerprint density at radius 3 is 2.37 bits per heavy atom. The second-order valence-electron chi connectivity index (χ2n) is 5.79. The molecule has 0 aromatic heterocycles. The van der Waals surface area contributed by atoms with Crippen LogP contribution in [0.5, 0.6) is 0 Å². The molecule has 19 heavy (non-hydrogen) atoms. The normalized spacial score (nSPS) is 13.3. The fraction of sp³-hybridized carbons (Fsp3) is 0.714. The molecule has 0 fully saturated rings. The first-order valence-electron chi connectivity index (χ1n) is 6.62. The van der Waals surface area contributed by atoms with Crippen LogP contribution in [-0.4, -0.2) is 30.2 Å². The van der Waals surface area contributed by atoms with Crippen LogP contribution in [0, 0.1) is 11.3 Å². The number of rotatable bonds is 7. The van der Waals surface area contributed by atoms with Crippen molar-refractivity contribution in [3.05, 3.63) is 12.2 Å². The molecular formula is C14H26N2O3. The van der Waals surface area contributed by atoms with Crippen LogP contribution in [-0.2, 0) is 4.79 Å². The van der Waals surface area contributed by atoms with Crippen LogP contribution < -0.4 is 10.6 Å². The van der Waals surface area contributed by atoms with E-state index in [9.17, 15) is 9.59 Å². The first-order chi connectivity index (χ1) is 8.76. The molecule has 0 saturated heterocycles. The summed E-state index contributed by atoms with van der Waals surface area (Å²) in [6.07, 6.45) is 5.18. The lowest BCUT2D eigenvalue weighted by Crippen LogP contribution is -2.41. The van der Waals surface area contributed by atoms with Gasteiger partial charge in [-0.15, -0.1) is 0 Å². The number of carbonyl (C=O) groups excluding carboxylic acids is 1.